The first-order valence-electron chi connectivity index (χ1n) is 2.46. The van der Waals surface area contributed by atoms with Gasteiger partial charge in [0.05, 0.1) is 0 Å². The van der Waals surface area contributed by atoms with Crippen molar-refractivity contribution in [2.75, 3.05) is 24.7 Å². The van der Waals surface area contributed by atoms with Crippen molar-refractivity contribution >= 4 is 22.6 Å². The van der Waals surface area contributed by atoms with Crippen LogP contribution in [0.1, 0.15) is 0 Å². The molecule has 4 nitrogen and oxygen atoms in total. The van der Waals surface area contributed by atoms with E-state index < -0.39 is 0 Å². The molecule has 0 bridgehead atoms. The molecule has 0 radical (unpaired) electrons. The molecule has 1 aromatic heterocycles. The van der Waals surface area contributed by atoms with Crippen LogP contribution in [0.3, 0.4) is 0 Å². The molecule has 0 aliphatic heterocycles. The van der Waals surface area contributed by atoms with Crippen LogP contribution in [-0.2, 0) is 0 Å². The molecule has 0 atom stereocenters. The first kappa shape index (κ1) is 6.28. The largest absolute Gasteiger partial charge is 0.367 e. The third-order valence-corrected chi connectivity index (χ3v) is 1.71. The van der Waals surface area contributed by atoms with Crippen molar-refractivity contribution in [3.8, 4) is 0 Å². The van der Waals surface area contributed by atoms with Crippen LogP contribution in [0.15, 0.2) is 0 Å². The molecule has 0 aromatic carbocycles. The molecule has 0 amide bonds. The quantitative estimate of drug-likeness (QED) is 0.611. The second kappa shape index (κ2) is 2.18. The highest BCUT2D eigenvalue weighted by Gasteiger charge is 1.99. The van der Waals surface area contributed by atoms with Gasteiger partial charge in [0.1, 0.15) is 0 Å². The van der Waals surface area contributed by atoms with Crippen LogP contribution in [0, 0.1) is 0 Å². The van der Waals surface area contributed by atoms with E-state index in [9.17, 15) is 0 Å². The summed E-state index contributed by atoms with van der Waals surface area (Å²) in [6.45, 7) is 0. The lowest BCUT2D eigenvalue weighted by atomic mass is 10.9. The van der Waals surface area contributed by atoms with E-state index in [1.807, 2.05) is 19.0 Å². The maximum atomic E-state index is 5.28. The Morgan fingerprint density at radius 2 is 2.22 bits per heavy atom. The summed E-state index contributed by atoms with van der Waals surface area (Å²) in [7, 11) is 3.81. The molecular formula is C4H8N4S. The van der Waals surface area contributed by atoms with Gasteiger partial charge in [0.15, 0.2) is 0 Å². The standard InChI is InChI=1S/C4H8N4S/c1-8(2)4-6-3(5)7-9-4/h1-2H3,(H2,5,7). The smallest absolute Gasteiger partial charge is 0.233 e. The second-order valence-corrected chi connectivity index (χ2v) is 2.56. The van der Waals surface area contributed by atoms with E-state index in [0.717, 1.165) is 5.13 Å². The van der Waals surface area contributed by atoms with Gasteiger partial charge in [-0.3, -0.25) is 0 Å². The normalized spacial score (nSPS) is 9.56. The Morgan fingerprint density at radius 3 is 2.44 bits per heavy atom. The molecule has 0 saturated heterocycles. The van der Waals surface area contributed by atoms with Gasteiger partial charge in [0.2, 0.25) is 11.1 Å². The predicted molar refractivity (Wildman–Crippen MR) is 38.6 cm³/mol. The Morgan fingerprint density at radius 1 is 1.56 bits per heavy atom. The van der Waals surface area contributed by atoms with Crippen molar-refractivity contribution in [1.82, 2.24) is 9.36 Å². The lowest BCUT2D eigenvalue weighted by Gasteiger charge is -2.03. The number of aromatic nitrogens is 2. The fourth-order valence-electron chi connectivity index (χ4n) is 0.408. The number of nitrogens with zero attached hydrogens (tertiary/aromatic N) is 3. The van der Waals surface area contributed by atoms with Crippen LogP contribution in [0.4, 0.5) is 11.1 Å². The molecule has 5 heteroatoms. The Kier molecular flexibility index (Phi) is 1.52. The molecule has 0 aliphatic rings. The molecule has 1 rings (SSSR count). The van der Waals surface area contributed by atoms with Crippen molar-refractivity contribution < 1.29 is 0 Å². The van der Waals surface area contributed by atoms with E-state index in [1.165, 1.54) is 11.5 Å². The number of hydrogen-bond donors (Lipinski definition) is 1. The molecule has 50 valence electrons. The average molecular weight is 144 g/mol. The monoisotopic (exact) mass is 144 g/mol. The van der Waals surface area contributed by atoms with Crippen molar-refractivity contribution in [2.45, 2.75) is 0 Å². The molecule has 0 aliphatic carbocycles. The van der Waals surface area contributed by atoms with Crippen LogP contribution >= 0.6 is 11.5 Å². The van der Waals surface area contributed by atoms with Gasteiger partial charge in [-0.15, -0.1) is 0 Å². The third-order valence-electron chi connectivity index (χ3n) is 0.814. The number of nitrogens with two attached hydrogens (primary N) is 1. The van der Waals surface area contributed by atoms with E-state index in [2.05, 4.69) is 9.36 Å². The molecule has 1 heterocycles. The van der Waals surface area contributed by atoms with Crippen molar-refractivity contribution in [3.63, 3.8) is 0 Å². The number of rotatable bonds is 1. The summed E-state index contributed by atoms with van der Waals surface area (Å²) in [5, 5.41) is 0.840. The first-order valence-corrected chi connectivity index (χ1v) is 3.24. The minimum atomic E-state index is 0.351. The summed E-state index contributed by atoms with van der Waals surface area (Å²) in [6.07, 6.45) is 0. The maximum Gasteiger partial charge on any atom is 0.233 e. The average Bonchev–Trinajstić information content (AvgIpc) is 2.14. The van der Waals surface area contributed by atoms with E-state index in [0.29, 0.717) is 5.95 Å². The van der Waals surface area contributed by atoms with Crippen LogP contribution in [0.25, 0.3) is 0 Å². The Bertz CT molecular complexity index is 194. The maximum absolute atomic E-state index is 5.28. The fraction of sp³-hybridized carbons (Fsp3) is 0.500. The highest BCUT2D eigenvalue weighted by Crippen LogP contribution is 2.13. The van der Waals surface area contributed by atoms with E-state index in [4.69, 9.17) is 5.73 Å². The van der Waals surface area contributed by atoms with E-state index in [-0.39, 0.29) is 0 Å². The summed E-state index contributed by atoms with van der Waals surface area (Å²) in [5.41, 5.74) is 5.28. The zero-order valence-corrected chi connectivity index (χ0v) is 6.14. The van der Waals surface area contributed by atoms with Crippen molar-refractivity contribution in [1.29, 1.82) is 0 Å². The Labute approximate surface area is 57.5 Å². The molecule has 0 fully saturated rings. The first-order chi connectivity index (χ1) is 4.20. The Balaban J connectivity index is 2.85. The predicted octanol–water partition coefficient (Wildman–Crippen LogP) is 0.186. The zero-order chi connectivity index (χ0) is 6.85. The highest BCUT2D eigenvalue weighted by atomic mass is 32.1. The molecule has 9 heavy (non-hydrogen) atoms. The summed E-state index contributed by atoms with van der Waals surface area (Å²) >= 11 is 1.30. The highest BCUT2D eigenvalue weighted by molar-refractivity contribution is 7.09. The fourth-order valence-corrected chi connectivity index (χ4v) is 0.922. The number of nitrogen functional groups attached to an aromatic ring is 1. The van der Waals surface area contributed by atoms with Gasteiger partial charge in [0.25, 0.3) is 0 Å². The Hall–Kier alpha value is -0.840. The SMILES string of the molecule is CN(C)c1nc(N)ns1. The van der Waals surface area contributed by atoms with Gasteiger partial charge in [-0.1, -0.05) is 0 Å². The number of anilines is 2. The molecule has 2 N–H and O–H groups in total. The summed E-state index contributed by atoms with van der Waals surface area (Å²) < 4.78 is 3.80. The van der Waals surface area contributed by atoms with Crippen LogP contribution in [-0.4, -0.2) is 23.5 Å². The van der Waals surface area contributed by atoms with Gasteiger partial charge in [-0.05, 0) is 0 Å². The summed E-state index contributed by atoms with van der Waals surface area (Å²) in [5.74, 6) is 0.351. The van der Waals surface area contributed by atoms with Gasteiger partial charge in [-0.2, -0.15) is 9.36 Å². The molecule has 1 aromatic rings. The lowest BCUT2D eigenvalue weighted by molar-refractivity contribution is 1.10. The minimum Gasteiger partial charge on any atom is -0.367 e. The minimum absolute atomic E-state index is 0.351. The molecular weight excluding hydrogens is 136 g/mol. The third kappa shape index (κ3) is 1.29. The molecule has 0 spiro atoms. The molecule has 0 saturated carbocycles. The van der Waals surface area contributed by atoms with Crippen molar-refractivity contribution in [3.05, 3.63) is 0 Å². The molecule has 0 unspecified atom stereocenters. The second-order valence-electron chi connectivity index (χ2n) is 1.83. The number of hydrogen-bond acceptors (Lipinski definition) is 5. The zero-order valence-electron chi connectivity index (χ0n) is 5.33. The van der Waals surface area contributed by atoms with Crippen LogP contribution in [0.5, 0.6) is 0 Å². The van der Waals surface area contributed by atoms with Crippen LogP contribution < -0.4 is 10.6 Å². The van der Waals surface area contributed by atoms with Gasteiger partial charge in [-0.25, -0.2) is 0 Å². The topological polar surface area (TPSA) is 55.0 Å². The van der Waals surface area contributed by atoms with E-state index >= 15 is 0 Å². The van der Waals surface area contributed by atoms with Gasteiger partial charge < -0.3 is 10.6 Å². The van der Waals surface area contributed by atoms with Gasteiger partial charge >= 0.3 is 0 Å². The summed E-state index contributed by atoms with van der Waals surface area (Å²) in [6, 6.07) is 0. The van der Waals surface area contributed by atoms with E-state index in [1.54, 1.807) is 0 Å². The lowest BCUT2D eigenvalue weighted by Crippen LogP contribution is -2.07. The van der Waals surface area contributed by atoms with Gasteiger partial charge in [0, 0.05) is 25.6 Å². The summed E-state index contributed by atoms with van der Waals surface area (Å²) in [4.78, 5) is 5.79. The van der Waals surface area contributed by atoms with Crippen molar-refractivity contribution in [2.24, 2.45) is 0 Å². The van der Waals surface area contributed by atoms with Crippen LogP contribution in [0.2, 0.25) is 0 Å².